The molecule has 1 unspecified atom stereocenters. The minimum absolute atomic E-state index is 0.00706. The fourth-order valence-electron chi connectivity index (χ4n) is 7.17. The normalized spacial score (nSPS) is 18.5. The molecule has 7 rings (SSSR count). The highest BCUT2D eigenvalue weighted by Gasteiger charge is 2.68. The maximum absolute atomic E-state index is 13.5. The Morgan fingerprint density at radius 3 is 1.96 bits per heavy atom. The number of primary amides is 1. The Morgan fingerprint density at radius 1 is 0.860 bits per heavy atom. The van der Waals surface area contributed by atoms with E-state index in [2.05, 4.69) is 21.3 Å². The first-order chi connectivity index (χ1) is 23.8. The van der Waals surface area contributed by atoms with E-state index < -0.39 is 23.6 Å². The van der Waals surface area contributed by atoms with E-state index in [1.807, 2.05) is 12.3 Å². The first-order valence-corrected chi connectivity index (χ1v) is 16.8. The molecule has 50 heavy (non-hydrogen) atoms. The molecule has 15 nitrogen and oxygen atoms in total. The molecule has 1 saturated carbocycles. The van der Waals surface area contributed by atoms with E-state index in [4.69, 9.17) is 5.73 Å². The molecule has 0 radical (unpaired) electrons. The van der Waals surface area contributed by atoms with Crippen molar-refractivity contribution in [1.82, 2.24) is 23.9 Å². The number of likely N-dealkylation sites (tertiary alicyclic amines) is 1. The molecule has 2 atom stereocenters. The van der Waals surface area contributed by atoms with Gasteiger partial charge in [-0.25, -0.2) is 4.79 Å². The van der Waals surface area contributed by atoms with E-state index in [1.165, 1.54) is 23.5 Å². The molecule has 1 spiro atoms. The van der Waals surface area contributed by atoms with Crippen LogP contribution in [0.4, 0.5) is 21.9 Å². The largest absolute Gasteiger partial charge is 0.370 e. The molecule has 16 heteroatoms. The number of piperidine rings is 1. The van der Waals surface area contributed by atoms with Gasteiger partial charge in [0.15, 0.2) is 5.78 Å². The number of nitrogens with two attached hydrogens (primary N) is 1. The molecule has 6 N–H and O–H groups in total. The van der Waals surface area contributed by atoms with Crippen LogP contribution in [-0.2, 0) is 31.4 Å². The Kier molecular flexibility index (Phi) is 7.77. The number of fused-ring (bicyclic) bond motifs is 1. The zero-order valence-corrected chi connectivity index (χ0v) is 28.6. The number of thiophene rings is 1. The summed E-state index contributed by atoms with van der Waals surface area (Å²) in [5.74, 6) is -1.68. The van der Waals surface area contributed by atoms with Crippen LogP contribution < -0.4 is 27.0 Å². The summed E-state index contributed by atoms with van der Waals surface area (Å²) < 4.78 is 4.69. The molecule has 4 aromatic rings. The summed E-state index contributed by atoms with van der Waals surface area (Å²) in [6.07, 6.45) is 7.34. The van der Waals surface area contributed by atoms with Crippen molar-refractivity contribution in [2.45, 2.75) is 25.2 Å². The number of carbonyl (C=O) groups is 6. The van der Waals surface area contributed by atoms with Crippen molar-refractivity contribution in [2.24, 2.45) is 32.8 Å². The van der Waals surface area contributed by atoms with E-state index in [-0.39, 0.29) is 53.2 Å². The van der Waals surface area contributed by atoms with Crippen LogP contribution in [0.25, 0.3) is 0 Å². The highest BCUT2D eigenvalue weighted by Crippen LogP contribution is 2.67. The predicted molar refractivity (Wildman–Crippen MR) is 185 cm³/mol. The zero-order chi connectivity index (χ0) is 35.6. The third-order valence-corrected chi connectivity index (χ3v) is 10.7. The standard InChI is InChI=1S/C34H35N9O6S/c1-17-16-50-29-25(44)10-26-34(28(17)29)11-18(34)12-43(26)33(49)39-21-9-24(42(4)15-21)32(48)38-20-8-23(41(3)14-20)31(47)37-19-7-22(40(2)13-19)30(46)36-6-5-27(35)45/h7-10,13-16,18H,5-6,11-12H2,1-4H3,(H2,35,45)(H,36,46)(H,37,47)(H,38,48)(H,39,49)/t18-,34?/m0/s1. The Bertz CT molecular complexity index is 2180. The van der Waals surface area contributed by atoms with Gasteiger partial charge in [0, 0.05) is 76.4 Å². The van der Waals surface area contributed by atoms with E-state index in [1.54, 1.807) is 70.5 Å². The van der Waals surface area contributed by atoms with Crippen molar-refractivity contribution in [3.05, 3.63) is 87.0 Å². The number of amides is 6. The first kappa shape index (κ1) is 32.6. The average Bonchev–Trinajstić information content (AvgIpc) is 3.56. The van der Waals surface area contributed by atoms with Crippen LogP contribution in [0.2, 0.25) is 0 Å². The van der Waals surface area contributed by atoms with Crippen molar-refractivity contribution in [1.29, 1.82) is 0 Å². The number of nitrogens with zero attached hydrogens (tertiary/aromatic N) is 4. The van der Waals surface area contributed by atoms with Gasteiger partial charge in [0.25, 0.3) is 17.7 Å². The topological polar surface area (TPSA) is 195 Å². The van der Waals surface area contributed by atoms with Crippen LogP contribution in [0.3, 0.4) is 0 Å². The van der Waals surface area contributed by atoms with Crippen LogP contribution in [0.5, 0.6) is 0 Å². The number of ketones is 1. The Hall–Kier alpha value is -5.90. The number of hydrogen-bond acceptors (Lipinski definition) is 7. The van der Waals surface area contributed by atoms with Crippen molar-refractivity contribution in [2.75, 3.05) is 29.0 Å². The van der Waals surface area contributed by atoms with Crippen LogP contribution in [0, 0.1) is 12.8 Å². The SMILES string of the molecule is Cc1csc2c1C13C[C@H]1CN(C(=O)Nc1cc(C(=O)Nc4cc(C(=O)Nc5cc(C(=O)NCCC(N)=O)n(C)c5)n(C)c4)n(C)c1)C3=CC2=O. The van der Waals surface area contributed by atoms with E-state index >= 15 is 0 Å². The van der Waals surface area contributed by atoms with Gasteiger partial charge in [-0.3, -0.25) is 28.9 Å². The number of nitrogens with one attached hydrogen (secondary N) is 4. The number of carbonyl (C=O) groups excluding carboxylic acids is 6. The van der Waals surface area contributed by atoms with Gasteiger partial charge in [-0.1, -0.05) is 0 Å². The van der Waals surface area contributed by atoms with E-state index in [0.717, 1.165) is 28.1 Å². The number of hydrogen-bond donors (Lipinski definition) is 5. The van der Waals surface area contributed by atoms with Gasteiger partial charge in [0.05, 0.1) is 21.9 Å². The van der Waals surface area contributed by atoms with Crippen LogP contribution >= 0.6 is 11.3 Å². The fourth-order valence-corrected chi connectivity index (χ4v) is 8.22. The lowest BCUT2D eigenvalue weighted by Gasteiger charge is -2.28. The molecule has 3 aliphatic rings. The second-order valence-electron chi connectivity index (χ2n) is 13.0. The fraction of sp³-hybridized carbons (Fsp3) is 0.294. The zero-order valence-electron chi connectivity index (χ0n) is 27.7. The molecule has 1 saturated heterocycles. The number of allylic oxidation sites excluding steroid dienone is 2. The predicted octanol–water partition coefficient (Wildman–Crippen LogP) is 3.07. The van der Waals surface area contributed by atoms with E-state index in [9.17, 15) is 28.8 Å². The lowest BCUT2D eigenvalue weighted by Crippen LogP contribution is -2.36. The highest BCUT2D eigenvalue weighted by molar-refractivity contribution is 7.12. The number of aromatic nitrogens is 3. The minimum atomic E-state index is -0.530. The summed E-state index contributed by atoms with van der Waals surface area (Å²) in [5.41, 5.74) is 9.71. The molecule has 5 heterocycles. The summed E-state index contributed by atoms with van der Waals surface area (Å²) in [6.45, 7) is 2.63. The molecule has 258 valence electrons. The number of rotatable bonds is 9. The molecule has 1 aliphatic heterocycles. The van der Waals surface area contributed by atoms with Gasteiger partial charge in [-0.05, 0) is 54.0 Å². The smallest absolute Gasteiger partial charge is 0.326 e. The maximum atomic E-state index is 13.5. The van der Waals surface area contributed by atoms with Crippen molar-refractivity contribution in [3.8, 4) is 0 Å². The monoisotopic (exact) mass is 697 g/mol. The number of anilines is 3. The minimum Gasteiger partial charge on any atom is -0.370 e. The van der Waals surface area contributed by atoms with Crippen LogP contribution in [-0.4, -0.2) is 67.1 Å². The molecular formula is C34H35N9O6S. The first-order valence-electron chi connectivity index (χ1n) is 15.9. The second-order valence-corrected chi connectivity index (χ2v) is 13.9. The van der Waals surface area contributed by atoms with Gasteiger partial charge >= 0.3 is 6.03 Å². The highest BCUT2D eigenvalue weighted by atomic mass is 32.1. The summed E-state index contributed by atoms with van der Waals surface area (Å²) in [6, 6.07) is 4.23. The second kappa shape index (κ2) is 11.9. The molecule has 4 aromatic heterocycles. The molecule has 6 amide bonds. The molecular weight excluding hydrogens is 662 g/mol. The van der Waals surface area contributed by atoms with E-state index in [0.29, 0.717) is 23.6 Å². The molecule has 2 fully saturated rings. The Labute approximate surface area is 290 Å². The number of aryl methyl sites for hydroxylation is 4. The van der Waals surface area contributed by atoms with Gasteiger partial charge in [-0.15, -0.1) is 11.3 Å². The quantitative estimate of drug-likeness (QED) is 0.178. The third-order valence-electron chi connectivity index (χ3n) is 9.55. The summed E-state index contributed by atoms with van der Waals surface area (Å²) in [4.78, 5) is 78.7. The van der Waals surface area contributed by atoms with Gasteiger partial charge in [0.2, 0.25) is 5.91 Å². The van der Waals surface area contributed by atoms with Gasteiger partial charge in [-0.2, -0.15) is 0 Å². The third kappa shape index (κ3) is 5.46. The van der Waals surface area contributed by atoms with Gasteiger partial charge < -0.3 is 40.7 Å². The molecule has 2 aliphatic carbocycles. The number of urea groups is 1. The average molecular weight is 698 g/mol. The van der Waals surface area contributed by atoms with Crippen LogP contribution in [0.15, 0.2) is 53.9 Å². The van der Waals surface area contributed by atoms with Crippen molar-refractivity contribution >= 4 is 63.8 Å². The Balaban J connectivity index is 0.984. The summed E-state index contributed by atoms with van der Waals surface area (Å²) in [5, 5.41) is 13.1. The summed E-state index contributed by atoms with van der Waals surface area (Å²) >= 11 is 1.46. The Morgan fingerprint density at radius 2 is 1.40 bits per heavy atom. The van der Waals surface area contributed by atoms with Gasteiger partial charge in [0.1, 0.15) is 17.1 Å². The molecule has 0 aromatic carbocycles. The lowest BCUT2D eigenvalue weighted by molar-refractivity contribution is -0.117. The lowest BCUT2D eigenvalue weighted by atomic mass is 9.84. The molecule has 0 bridgehead atoms. The maximum Gasteiger partial charge on any atom is 0.326 e. The summed E-state index contributed by atoms with van der Waals surface area (Å²) in [7, 11) is 4.99. The van der Waals surface area contributed by atoms with Crippen LogP contribution in [0.1, 0.15) is 65.1 Å². The van der Waals surface area contributed by atoms with Crippen molar-refractivity contribution in [3.63, 3.8) is 0 Å². The van der Waals surface area contributed by atoms with Crippen molar-refractivity contribution < 1.29 is 28.8 Å².